The molecular weight excluding hydrogens is 344 g/mol. The Labute approximate surface area is 139 Å². The molecule has 0 spiro atoms. The van der Waals surface area contributed by atoms with E-state index in [9.17, 15) is 19.7 Å². The van der Waals surface area contributed by atoms with Crippen molar-refractivity contribution in [2.45, 2.75) is 12.8 Å². The maximum Gasteiger partial charge on any atom is 0.271 e. The first-order valence-corrected chi connectivity index (χ1v) is 7.64. The Morgan fingerprint density at radius 2 is 1.96 bits per heavy atom. The fourth-order valence-corrected chi connectivity index (χ4v) is 2.34. The molecule has 0 radical (unpaired) electrons. The van der Waals surface area contributed by atoms with E-state index in [0.717, 1.165) is 6.07 Å². The van der Waals surface area contributed by atoms with Crippen LogP contribution in [-0.4, -0.2) is 21.7 Å². The fourth-order valence-electron chi connectivity index (χ4n) is 1.63. The number of nitro groups is 1. The maximum atomic E-state index is 11.8. The minimum Gasteiger partial charge on any atom is -0.325 e. The standard InChI is InChI=1S/C13H11ClN4O4S/c14-9-2-1-8(18(21)22)7-10(9)16-11(19)3-4-12(20)17-13-15-5-6-23-13/h1-2,5-7H,3-4H2,(H,16,19)(H,15,17,20). The van der Waals surface area contributed by atoms with Gasteiger partial charge < -0.3 is 10.6 Å². The second-order valence-corrected chi connectivity index (χ2v) is 5.66. The summed E-state index contributed by atoms with van der Waals surface area (Å²) in [6.45, 7) is 0. The number of rotatable bonds is 6. The van der Waals surface area contributed by atoms with Crippen LogP contribution < -0.4 is 10.6 Å². The quantitative estimate of drug-likeness (QED) is 0.611. The van der Waals surface area contributed by atoms with E-state index in [0.29, 0.717) is 5.13 Å². The molecule has 8 nitrogen and oxygen atoms in total. The van der Waals surface area contributed by atoms with Gasteiger partial charge in [0.1, 0.15) is 0 Å². The highest BCUT2D eigenvalue weighted by Crippen LogP contribution is 2.26. The third-order valence-electron chi connectivity index (χ3n) is 2.69. The molecule has 0 unspecified atom stereocenters. The van der Waals surface area contributed by atoms with E-state index < -0.39 is 10.8 Å². The largest absolute Gasteiger partial charge is 0.325 e. The average molecular weight is 355 g/mol. The van der Waals surface area contributed by atoms with Gasteiger partial charge >= 0.3 is 0 Å². The number of halogens is 1. The number of thiazole rings is 1. The number of amides is 2. The van der Waals surface area contributed by atoms with Crippen molar-refractivity contribution in [2.24, 2.45) is 0 Å². The van der Waals surface area contributed by atoms with Crippen molar-refractivity contribution in [2.75, 3.05) is 10.6 Å². The third kappa shape index (κ3) is 5.01. The van der Waals surface area contributed by atoms with E-state index in [1.807, 2.05) is 0 Å². The molecule has 2 N–H and O–H groups in total. The first-order chi connectivity index (χ1) is 11.0. The van der Waals surface area contributed by atoms with E-state index in [1.165, 1.54) is 23.5 Å². The summed E-state index contributed by atoms with van der Waals surface area (Å²) in [6.07, 6.45) is 1.42. The summed E-state index contributed by atoms with van der Waals surface area (Å²) in [4.78, 5) is 37.5. The predicted octanol–water partition coefficient (Wildman–Crippen LogP) is 3.06. The minimum atomic E-state index is -0.590. The summed E-state index contributed by atoms with van der Waals surface area (Å²) < 4.78 is 0. The first kappa shape index (κ1) is 16.8. The molecule has 0 atom stereocenters. The second-order valence-electron chi connectivity index (χ2n) is 4.35. The van der Waals surface area contributed by atoms with E-state index >= 15 is 0 Å². The van der Waals surface area contributed by atoms with Crippen molar-refractivity contribution in [3.8, 4) is 0 Å². The molecule has 0 aliphatic carbocycles. The Kier molecular flexibility index (Phi) is 5.61. The van der Waals surface area contributed by atoms with Crippen LogP contribution in [0.4, 0.5) is 16.5 Å². The number of nitrogens with zero attached hydrogens (tertiary/aromatic N) is 2. The summed E-state index contributed by atoms with van der Waals surface area (Å²) in [5.74, 6) is -0.818. The van der Waals surface area contributed by atoms with Gasteiger partial charge in [-0.3, -0.25) is 19.7 Å². The molecule has 0 aliphatic heterocycles. The normalized spacial score (nSPS) is 10.1. The Morgan fingerprint density at radius 1 is 1.26 bits per heavy atom. The lowest BCUT2D eigenvalue weighted by molar-refractivity contribution is -0.384. The van der Waals surface area contributed by atoms with Crippen molar-refractivity contribution >= 4 is 51.3 Å². The summed E-state index contributed by atoms with van der Waals surface area (Å²) in [7, 11) is 0. The molecule has 0 saturated heterocycles. The van der Waals surface area contributed by atoms with Crippen LogP contribution in [-0.2, 0) is 9.59 Å². The van der Waals surface area contributed by atoms with E-state index in [1.54, 1.807) is 11.6 Å². The van der Waals surface area contributed by atoms with Crippen molar-refractivity contribution in [1.29, 1.82) is 0 Å². The number of benzene rings is 1. The Balaban J connectivity index is 1.88. The third-order valence-corrected chi connectivity index (χ3v) is 3.71. The number of hydrogen-bond acceptors (Lipinski definition) is 6. The fraction of sp³-hybridized carbons (Fsp3) is 0.154. The van der Waals surface area contributed by atoms with Crippen LogP contribution in [0.2, 0.25) is 5.02 Å². The zero-order valence-corrected chi connectivity index (χ0v) is 13.2. The molecule has 2 amide bonds. The van der Waals surface area contributed by atoms with Crippen molar-refractivity contribution in [1.82, 2.24) is 4.98 Å². The van der Waals surface area contributed by atoms with Gasteiger partial charge in [-0.1, -0.05) is 11.6 Å². The maximum absolute atomic E-state index is 11.8. The van der Waals surface area contributed by atoms with E-state index in [4.69, 9.17) is 11.6 Å². The number of aromatic nitrogens is 1. The molecule has 0 aliphatic rings. The lowest BCUT2D eigenvalue weighted by Crippen LogP contribution is -2.17. The van der Waals surface area contributed by atoms with Gasteiger partial charge in [-0.05, 0) is 6.07 Å². The number of nitrogens with one attached hydrogen (secondary N) is 2. The zero-order chi connectivity index (χ0) is 16.8. The van der Waals surface area contributed by atoms with Crippen LogP contribution in [0.3, 0.4) is 0 Å². The zero-order valence-electron chi connectivity index (χ0n) is 11.6. The molecule has 1 heterocycles. The second kappa shape index (κ2) is 7.65. The van der Waals surface area contributed by atoms with E-state index in [-0.39, 0.29) is 35.1 Å². The molecule has 120 valence electrons. The molecule has 0 bridgehead atoms. The van der Waals surface area contributed by atoms with Crippen LogP contribution in [0.25, 0.3) is 0 Å². The van der Waals surface area contributed by atoms with Gasteiger partial charge in [0.2, 0.25) is 11.8 Å². The number of non-ortho nitro benzene ring substituents is 1. The number of nitro benzene ring substituents is 1. The van der Waals surface area contributed by atoms with Crippen molar-refractivity contribution in [3.05, 3.63) is 44.9 Å². The molecule has 2 aromatic rings. The molecule has 0 saturated carbocycles. The lowest BCUT2D eigenvalue weighted by atomic mass is 10.2. The van der Waals surface area contributed by atoms with Gasteiger partial charge in [0, 0.05) is 36.6 Å². The highest BCUT2D eigenvalue weighted by Gasteiger charge is 2.13. The number of anilines is 2. The van der Waals surface area contributed by atoms with Crippen molar-refractivity contribution < 1.29 is 14.5 Å². The van der Waals surface area contributed by atoms with Crippen LogP contribution in [0, 0.1) is 10.1 Å². The molecule has 1 aromatic carbocycles. The van der Waals surface area contributed by atoms with Crippen LogP contribution in [0.1, 0.15) is 12.8 Å². The SMILES string of the molecule is O=C(CCC(=O)Nc1cc([N+](=O)[O-])ccc1Cl)Nc1nccs1. The van der Waals surface area contributed by atoms with E-state index in [2.05, 4.69) is 15.6 Å². The average Bonchev–Trinajstić information content (AvgIpc) is 3.00. The van der Waals surface area contributed by atoms with Gasteiger partial charge in [-0.25, -0.2) is 4.98 Å². The molecular formula is C13H11ClN4O4S. The highest BCUT2D eigenvalue weighted by atomic mass is 35.5. The molecule has 1 aromatic heterocycles. The smallest absolute Gasteiger partial charge is 0.271 e. The summed E-state index contributed by atoms with van der Waals surface area (Å²) in [5.41, 5.74) is -0.0580. The molecule has 0 fully saturated rings. The summed E-state index contributed by atoms with van der Waals surface area (Å²) >= 11 is 7.15. The predicted molar refractivity (Wildman–Crippen MR) is 86.7 cm³/mol. The molecule has 2 rings (SSSR count). The number of carbonyl (C=O) groups excluding carboxylic acids is 2. The lowest BCUT2D eigenvalue weighted by Gasteiger charge is -2.07. The Hall–Kier alpha value is -2.52. The van der Waals surface area contributed by atoms with Crippen LogP contribution >= 0.6 is 22.9 Å². The van der Waals surface area contributed by atoms with Crippen molar-refractivity contribution in [3.63, 3.8) is 0 Å². The van der Waals surface area contributed by atoms with Gasteiger partial charge in [0.05, 0.1) is 15.6 Å². The first-order valence-electron chi connectivity index (χ1n) is 6.39. The Morgan fingerprint density at radius 3 is 2.57 bits per heavy atom. The van der Waals surface area contributed by atoms with Crippen LogP contribution in [0.5, 0.6) is 0 Å². The Bertz CT molecular complexity index is 736. The van der Waals surface area contributed by atoms with Crippen LogP contribution in [0.15, 0.2) is 29.8 Å². The van der Waals surface area contributed by atoms with Gasteiger partial charge in [0.15, 0.2) is 5.13 Å². The monoisotopic (exact) mass is 354 g/mol. The summed E-state index contributed by atoms with van der Waals surface area (Å²) in [5, 5.41) is 18.1. The van der Waals surface area contributed by atoms with Gasteiger partial charge in [-0.2, -0.15) is 0 Å². The van der Waals surface area contributed by atoms with Gasteiger partial charge in [-0.15, -0.1) is 11.3 Å². The summed E-state index contributed by atoms with van der Waals surface area (Å²) in [6, 6.07) is 3.72. The molecule has 10 heteroatoms. The topological polar surface area (TPSA) is 114 Å². The molecule has 23 heavy (non-hydrogen) atoms. The highest BCUT2D eigenvalue weighted by molar-refractivity contribution is 7.13. The minimum absolute atomic E-state index is 0.0437. The number of hydrogen-bond donors (Lipinski definition) is 2. The number of carbonyl (C=O) groups is 2. The van der Waals surface area contributed by atoms with Gasteiger partial charge in [0.25, 0.3) is 5.69 Å².